The van der Waals surface area contributed by atoms with E-state index in [-0.39, 0.29) is 6.61 Å². The first kappa shape index (κ1) is 6.22. The highest BCUT2D eigenvalue weighted by molar-refractivity contribution is 5.05. The lowest BCUT2D eigenvalue weighted by Gasteiger charge is -1.87. The zero-order chi connectivity index (χ0) is 6.69. The van der Waals surface area contributed by atoms with E-state index in [2.05, 4.69) is 15.4 Å². The Balaban J connectivity index is 2.69. The maximum absolute atomic E-state index is 8.48. The minimum atomic E-state index is 0.132. The van der Waals surface area contributed by atoms with Crippen molar-refractivity contribution in [1.29, 1.82) is 0 Å². The SMILES string of the molecule is Cc1n[nH]nc1CCO. The Morgan fingerprint density at radius 2 is 2.33 bits per heavy atom. The molecule has 0 radical (unpaired) electrons. The molecule has 0 aliphatic carbocycles. The number of aryl methyl sites for hydroxylation is 1. The quantitative estimate of drug-likeness (QED) is 0.570. The highest BCUT2D eigenvalue weighted by atomic mass is 16.3. The van der Waals surface area contributed by atoms with Crippen molar-refractivity contribution in [3.8, 4) is 0 Å². The molecule has 0 fully saturated rings. The highest BCUT2D eigenvalue weighted by Crippen LogP contribution is 1.97. The summed E-state index contributed by atoms with van der Waals surface area (Å²) in [6.07, 6.45) is 0.586. The van der Waals surface area contributed by atoms with Gasteiger partial charge >= 0.3 is 0 Å². The topological polar surface area (TPSA) is 61.8 Å². The Labute approximate surface area is 52.9 Å². The number of hydrogen-bond donors (Lipinski definition) is 2. The number of nitrogens with zero attached hydrogens (tertiary/aromatic N) is 2. The molecule has 1 heterocycles. The van der Waals surface area contributed by atoms with Gasteiger partial charge < -0.3 is 5.11 Å². The van der Waals surface area contributed by atoms with Crippen molar-refractivity contribution in [2.75, 3.05) is 6.61 Å². The third-order valence-electron chi connectivity index (χ3n) is 1.17. The monoisotopic (exact) mass is 127 g/mol. The van der Waals surface area contributed by atoms with Crippen LogP contribution in [0, 0.1) is 6.92 Å². The van der Waals surface area contributed by atoms with E-state index in [1.54, 1.807) is 0 Å². The third-order valence-corrected chi connectivity index (χ3v) is 1.17. The molecule has 2 N–H and O–H groups in total. The van der Waals surface area contributed by atoms with Crippen molar-refractivity contribution in [3.05, 3.63) is 11.4 Å². The zero-order valence-electron chi connectivity index (χ0n) is 5.26. The summed E-state index contributed by atoms with van der Waals surface area (Å²) in [5.74, 6) is 0. The molecule has 4 heteroatoms. The second-order valence-electron chi connectivity index (χ2n) is 1.83. The van der Waals surface area contributed by atoms with Crippen LogP contribution >= 0.6 is 0 Å². The minimum absolute atomic E-state index is 0.132. The van der Waals surface area contributed by atoms with Crippen LogP contribution in [0.15, 0.2) is 0 Å². The lowest BCUT2D eigenvalue weighted by molar-refractivity contribution is 0.298. The van der Waals surface area contributed by atoms with Gasteiger partial charge in [0.1, 0.15) is 0 Å². The van der Waals surface area contributed by atoms with Gasteiger partial charge in [-0.1, -0.05) is 0 Å². The third kappa shape index (κ3) is 1.26. The lowest BCUT2D eigenvalue weighted by Crippen LogP contribution is -1.92. The van der Waals surface area contributed by atoms with Gasteiger partial charge in [0.15, 0.2) is 0 Å². The van der Waals surface area contributed by atoms with Gasteiger partial charge in [0.25, 0.3) is 0 Å². The fourth-order valence-electron chi connectivity index (χ4n) is 0.648. The summed E-state index contributed by atoms with van der Waals surface area (Å²) in [4.78, 5) is 0. The van der Waals surface area contributed by atoms with Crippen LogP contribution in [0.3, 0.4) is 0 Å². The van der Waals surface area contributed by atoms with E-state index in [9.17, 15) is 0 Å². The average molecular weight is 127 g/mol. The van der Waals surface area contributed by atoms with Crippen LogP contribution in [0.5, 0.6) is 0 Å². The maximum atomic E-state index is 8.48. The van der Waals surface area contributed by atoms with E-state index in [0.29, 0.717) is 6.42 Å². The molecule has 0 unspecified atom stereocenters. The van der Waals surface area contributed by atoms with Crippen molar-refractivity contribution < 1.29 is 5.11 Å². The summed E-state index contributed by atoms with van der Waals surface area (Å²) in [6, 6.07) is 0. The van der Waals surface area contributed by atoms with Gasteiger partial charge in [0.2, 0.25) is 0 Å². The molecule has 1 rings (SSSR count). The summed E-state index contributed by atoms with van der Waals surface area (Å²) >= 11 is 0. The molecule has 0 aliphatic rings. The first-order valence-corrected chi connectivity index (χ1v) is 2.81. The number of rotatable bonds is 2. The number of aromatic nitrogens is 3. The second-order valence-corrected chi connectivity index (χ2v) is 1.83. The summed E-state index contributed by atoms with van der Waals surface area (Å²) in [6.45, 7) is 1.99. The van der Waals surface area contributed by atoms with Crippen molar-refractivity contribution >= 4 is 0 Å². The molecule has 0 amide bonds. The van der Waals surface area contributed by atoms with Gasteiger partial charge in [0, 0.05) is 13.0 Å². The molecule has 4 nitrogen and oxygen atoms in total. The van der Waals surface area contributed by atoms with E-state index >= 15 is 0 Å². The van der Waals surface area contributed by atoms with Crippen LogP contribution in [0.1, 0.15) is 11.4 Å². The summed E-state index contributed by atoms with van der Waals surface area (Å²) in [5, 5.41) is 18.5. The largest absolute Gasteiger partial charge is 0.396 e. The number of nitrogens with one attached hydrogen (secondary N) is 1. The number of aromatic amines is 1. The molecule has 50 valence electrons. The summed E-state index contributed by atoms with van der Waals surface area (Å²) in [5.41, 5.74) is 1.71. The Hall–Kier alpha value is -0.900. The molecular weight excluding hydrogens is 118 g/mol. The van der Waals surface area contributed by atoms with Crippen LogP contribution in [0.4, 0.5) is 0 Å². The maximum Gasteiger partial charge on any atom is 0.0876 e. The number of aliphatic hydroxyl groups excluding tert-OH is 1. The molecule has 0 spiro atoms. The van der Waals surface area contributed by atoms with E-state index in [4.69, 9.17) is 5.11 Å². The summed E-state index contributed by atoms with van der Waals surface area (Å²) < 4.78 is 0. The van der Waals surface area contributed by atoms with Crippen molar-refractivity contribution in [2.24, 2.45) is 0 Å². The molecule has 0 saturated heterocycles. The van der Waals surface area contributed by atoms with Crippen molar-refractivity contribution in [3.63, 3.8) is 0 Å². The van der Waals surface area contributed by atoms with Gasteiger partial charge in [-0.3, -0.25) is 0 Å². The molecule has 0 atom stereocenters. The molecule has 0 aromatic carbocycles. The Morgan fingerprint density at radius 1 is 1.56 bits per heavy atom. The van der Waals surface area contributed by atoms with Crippen LogP contribution in [0.2, 0.25) is 0 Å². The van der Waals surface area contributed by atoms with Gasteiger partial charge in [0.05, 0.1) is 11.4 Å². The first-order chi connectivity index (χ1) is 4.34. The van der Waals surface area contributed by atoms with Gasteiger partial charge in [-0.2, -0.15) is 15.4 Å². The second kappa shape index (κ2) is 2.59. The fourth-order valence-corrected chi connectivity index (χ4v) is 0.648. The predicted octanol–water partition coefficient (Wildman–Crippen LogP) is -0.352. The zero-order valence-corrected chi connectivity index (χ0v) is 5.26. The van der Waals surface area contributed by atoms with E-state index < -0.39 is 0 Å². The van der Waals surface area contributed by atoms with Gasteiger partial charge in [-0.05, 0) is 6.92 Å². The predicted molar refractivity (Wildman–Crippen MR) is 31.9 cm³/mol. The lowest BCUT2D eigenvalue weighted by atomic mass is 10.3. The average Bonchev–Trinajstić information content (AvgIpc) is 2.18. The van der Waals surface area contributed by atoms with E-state index in [1.807, 2.05) is 6.92 Å². The highest BCUT2D eigenvalue weighted by Gasteiger charge is 1.99. The fraction of sp³-hybridized carbons (Fsp3) is 0.600. The molecular formula is C5H9N3O. The van der Waals surface area contributed by atoms with Crippen molar-refractivity contribution in [2.45, 2.75) is 13.3 Å². The summed E-state index contributed by atoms with van der Waals surface area (Å²) in [7, 11) is 0. The Kier molecular flexibility index (Phi) is 1.79. The van der Waals surface area contributed by atoms with Crippen LogP contribution in [-0.4, -0.2) is 27.1 Å². The molecule has 9 heavy (non-hydrogen) atoms. The molecule has 1 aromatic rings. The molecule has 1 aromatic heterocycles. The van der Waals surface area contributed by atoms with Gasteiger partial charge in [-0.25, -0.2) is 0 Å². The normalized spacial score (nSPS) is 10.0. The van der Waals surface area contributed by atoms with Crippen LogP contribution in [0.25, 0.3) is 0 Å². The van der Waals surface area contributed by atoms with Crippen LogP contribution in [-0.2, 0) is 6.42 Å². The van der Waals surface area contributed by atoms with Crippen molar-refractivity contribution in [1.82, 2.24) is 15.4 Å². The molecule has 0 bridgehead atoms. The van der Waals surface area contributed by atoms with E-state index in [0.717, 1.165) is 11.4 Å². The van der Waals surface area contributed by atoms with Crippen LogP contribution < -0.4 is 0 Å². The standard InChI is InChI=1S/C5H9N3O/c1-4-5(2-3-9)7-8-6-4/h9H,2-3H2,1H3,(H,6,7,8). The minimum Gasteiger partial charge on any atom is -0.396 e. The Morgan fingerprint density at radius 3 is 2.78 bits per heavy atom. The first-order valence-electron chi connectivity index (χ1n) is 2.81. The number of H-pyrrole nitrogens is 1. The number of aliphatic hydroxyl groups is 1. The van der Waals surface area contributed by atoms with Gasteiger partial charge in [-0.15, -0.1) is 0 Å². The molecule has 0 aliphatic heterocycles. The smallest absolute Gasteiger partial charge is 0.0876 e. The van der Waals surface area contributed by atoms with E-state index in [1.165, 1.54) is 0 Å². The number of hydrogen-bond acceptors (Lipinski definition) is 3. The molecule has 0 saturated carbocycles. The Bertz CT molecular complexity index is 184.